The summed E-state index contributed by atoms with van der Waals surface area (Å²) in [4.78, 5) is 9.87. The SMILES string of the molecule is COc1cc(Cl)cc([N+](=O)[O-])c1C#N. The Kier molecular flexibility index (Phi) is 2.89. The van der Waals surface area contributed by atoms with E-state index < -0.39 is 4.92 Å². The lowest BCUT2D eigenvalue weighted by Crippen LogP contribution is -1.95. The lowest BCUT2D eigenvalue weighted by molar-refractivity contribution is -0.385. The summed E-state index contributed by atoms with van der Waals surface area (Å²) in [6, 6.07) is 4.17. The Morgan fingerprint density at radius 3 is 2.71 bits per heavy atom. The molecule has 0 N–H and O–H groups in total. The summed E-state index contributed by atoms with van der Waals surface area (Å²) in [6.07, 6.45) is 0. The molecule has 14 heavy (non-hydrogen) atoms. The first-order valence-corrected chi connectivity index (χ1v) is 3.90. The van der Waals surface area contributed by atoms with Gasteiger partial charge in [-0.3, -0.25) is 10.1 Å². The first kappa shape index (κ1) is 10.3. The van der Waals surface area contributed by atoms with Crippen LogP contribution in [-0.2, 0) is 0 Å². The van der Waals surface area contributed by atoms with Gasteiger partial charge in [-0.2, -0.15) is 5.26 Å². The highest BCUT2D eigenvalue weighted by molar-refractivity contribution is 6.31. The van der Waals surface area contributed by atoms with E-state index in [0.717, 1.165) is 6.07 Å². The predicted octanol–water partition coefficient (Wildman–Crippen LogP) is 2.13. The van der Waals surface area contributed by atoms with E-state index in [0.29, 0.717) is 0 Å². The number of nitro benzene ring substituents is 1. The molecule has 0 radical (unpaired) electrons. The van der Waals surface area contributed by atoms with Gasteiger partial charge in [0.15, 0.2) is 5.56 Å². The van der Waals surface area contributed by atoms with Crippen LogP contribution in [0.25, 0.3) is 0 Å². The first-order chi connectivity index (χ1) is 6.60. The second-order valence-electron chi connectivity index (χ2n) is 2.37. The van der Waals surface area contributed by atoms with E-state index in [9.17, 15) is 10.1 Å². The van der Waals surface area contributed by atoms with E-state index in [2.05, 4.69) is 0 Å². The zero-order chi connectivity index (χ0) is 10.7. The molecule has 6 heteroatoms. The molecule has 72 valence electrons. The highest BCUT2D eigenvalue weighted by Crippen LogP contribution is 2.31. The second-order valence-corrected chi connectivity index (χ2v) is 2.81. The molecular weight excluding hydrogens is 208 g/mol. The quantitative estimate of drug-likeness (QED) is 0.556. The summed E-state index contributed by atoms with van der Waals surface area (Å²) >= 11 is 5.61. The zero-order valence-electron chi connectivity index (χ0n) is 7.15. The molecule has 5 nitrogen and oxygen atoms in total. The van der Waals surface area contributed by atoms with Crippen molar-refractivity contribution in [3.63, 3.8) is 0 Å². The molecular formula is C8H5ClN2O3. The number of nitro groups is 1. The van der Waals surface area contributed by atoms with Crippen molar-refractivity contribution >= 4 is 17.3 Å². The minimum Gasteiger partial charge on any atom is -0.495 e. The van der Waals surface area contributed by atoms with Crippen LogP contribution in [0, 0.1) is 21.4 Å². The maximum atomic E-state index is 10.5. The Labute approximate surface area is 84.6 Å². The van der Waals surface area contributed by atoms with Crippen molar-refractivity contribution in [2.75, 3.05) is 7.11 Å². The van der Waals surface area contributed by atoms with E-state index in [1.165, 1.54) is 13.2 Å². The van der Waals surface area contributed by atoms with Gasteiger partial charge in [0.05, 0.1) is 17.1 Å². The monoisotopic (exact) mass is 212 g/mol. The van der Waals surface area contributed by atoms with Gasteiger partial charge in [0.1, 0.15) is 11.8 Å². The van der Waals surface area contributed by atoms with Crippen molar-refractivity contribution in [1.82, 2.24) is 0 Å². The Bertz CT molecular complexity index is 425. The number of hydrogen-bond donors (Lipinski definition) is 0. The standard InChI is InChI=1S/C8H5ClN2O3/c1-14-8-3-5(9)2-7(11(12)13)6(8)4-10/h2-3H,1H3. The molecule has 0 saturated heterocycles. The number of methoxy groups -OCH3 is 1. The smallest absolute Gasteiger partial charge is 0.292 e. The summed E-state index contributed by atoms with van der Waals surface area (Å²) in [5, 5.41) is 19.4. The molecule has 0 aliphatic rings. The lowest BCUT2D eigenvalue weighted by Gasteiger charge is -2.03. The van der Waals surface area contributed by atoms with Gasteiger partial charge >= 0.3 is 0 Å². The molecule has 0 aromatic heterocycles. The molecule has 1 rings (SSSR count). The molecule has 0 saturated carbocycles. The fourth-order valence-electron chi connectivity index (χ4n) is 0.985. The molecule has 0 aliphatic heterocycles. The molecule has 0 unspecified atom stereocenters. The van der Waals surface area contributed by atoms with Gasteiger partial charge in [0.2, 0.25) is 0 Å². The predicted molar refractivity (Wildman–Crippen MR) is 49.4 cm³/mol. The molecule has 0 fully saturated rings. The molecule has 1 aromatic carbocycles. The molecule has 0 amide bonds. The Balaban J connectivity index is 3.49. The van der Waals surface area contributed by atoms with Crippen molar-refractivity contribution in [2.24, 2.45) is 0 Å². The first-order valence-electron chi connectivity index (χ1n) is 3.52. The minimum absolute atomic E-state index is 0.103. The van der Waals surface area contributed by atoms with Crippen molar-refractivity contribution in [2.45, 2.75) is 0 Å². The fourth-order valence-corrected chi connectivity index (χ4v) is 1.19. The molecule has 0 aliphatic carbocycles. The number of hydrogen-bond acceptors (Lipinski definition) is 4. The van der Waals surface area contributed by atoms with Gasteiger partial charge in [-0.05, 0) is 0 Å². The van der Waals surface area contributed by atoms with Gasteiger partial charge in [-0.15, -0.1) is 0 Å². The van der Waals surface area contributed by atoms with Crippen molar-refractivity contribution in [3.05, 3.63) is 32.8 Å². The van der Waals surface area contributed by atoms with Crippen LogP contribution in [0.5, 0.6) is 5.75 Å². The molecule has 0 heterocycles. The summed E-state index contributed by atoms with van der Waals surface area (Å²) in [7, 11) is 1.32. The number of benzene rings is 1. The normalized spacial score (nSPS) is 9.21. The topological polar surface area (TPSA) is 76.2 Å². The molecule has 0 spiro atoms. The van der Waals surface area contributed by atoms with Gasteiger partial charge in [0, 0.05) is 12.1 Å². The third kappa shape index (κ3) is 1.75. The minimum atomic E-state index is -0.674. The van der Waals surface area contributed by atoms with Crippen LogP contribution in [-0.4, -0.2) is 12.0 Å². The van der Waals surface area contributed by atoms with Crippen LogP contribution < -0.4 is 4.74 Å². The maximum Gasteiger partial charge on any atom is 0.292 e. The Hall–Kier alpha value is -1.80. The molecule has 1 aromatic rings. The van der Waals surface area contributed by atoms with Gasteiger partial charge in [-0.1, -0.05) is 11.6 Å². The number of rotatable bonds is 2. The van der Waals surface area contributed by atoms with Crippen LogP contribution in [0.1, 0.15) is 5.56 Å². The summed E-state index contributed by atoms with van der Waals surface area (Å²) < 4.78 is 4.80. The van der Waals surface area contributed by atoms with E-state index in [-0.39, 0.29) is 22.0 Å². The Morgan fingerprint density at radius 1 is 1.64 bits per heavy atom. The second kappa shape index (κ2) is 3.94. The van der Waals surface area contributed by atoms with Crippen LogP contribution >= 0.6 is 11.6 Å². The maximum absolute atomic E-state index is 10.5. The van der Waals surface area contributed by atoms with Crippen LogP contribution in [0.15, 0.2) is 12.1 Å². The van der Waals surface area contributed by atoms with E-state index in [1.54, 1.807) is 6.07 Å². The van der Waals surface area contributed by atoms with Crippen LogP contribution in [0.2, 0.25) is 5.02 Å². The highest BCUT2D eigenvalue weighted by Gasteiger charge is 2.19. The molecule has 0 atom stereocenters. The summed E-state index contributed by atoms with van der Waals surface area (Å²) in [5.74, 6) is 0.103. The third-order valence-corrected chi connectivity index (χ3v) is 1.79. The lowest BCUT2D eigenvalue weighted by atomic mass is 10.2. The van der Waals surface area contributed by atoms with Crippen molar-refractivity contribution in [1.29, 1.82) is 5.26 Å². The number of ether oxygens (including phenoxy) is 1. The fraction of sp³-hybridized carbons (Fsp3) is 0.125. The largest absolute Gasteiger partial charge is 0.495 e. The highest BCUT2D eigenvalue weighted by atomic mass is 35.5. The number of nitriles is 1. The summed E-state index contributed by atoms with van der Waals surface area (Å²) in [6.45, 7) is 0. The van der Waals surface area contributed by atoms with E-state index in [4.69, 9.17) is 21.6 Å². The third-order valence-electron chi connectivity index (χ3n) is 1.57. The van der Waals surface area contributed by atoms with Gasteiger partial charge < -0.3 is 4.74 Å². The van der Waals surface area contributed by atoms with Crippen molar-refractivity contribution in [3.8, 4) is 11.8 Å². The molecule has 0 bridgehead atoms. The van der Waals surface area contributed by atoms with E-state index in [1.807, 2.05) is 0 Å². The number of halogens is 1. The van der Waals surface area contributed by atoms with Crippen LogP contribution in [0.4, 0.5) is 5.69 Å². The zero-order valence-corrected chi connectivity index (χ0v) is 7.91. The average molecular weight is 213 g/mol. The van der Waals surface area contributed by atoms with Crippen LogP contribution in [0.3, 0.4) is 0 Å². The summed E-state index contributed by atoms with van der Waals surface area (Å²) in [5.41, 5.74) is -0.473. The Morgan fingerprint density at radius 2 is 2.29 bits per heavy atom. The average Bonchev–Trinajstić information content (AvgIpc) is 2.16. The van der Waals surface area contributed by atoms with Crippen molar-refractivity contribution < 1.29 is 9.66 Å². The van der Waals surface area contributed by atoms with Gasteiger partial charge in [-0.25, -0.2) is 0 Å². The number of nitrogens with zero attached hydrogens (tertiary/aromatic N) is 2. The van der Waals surface area contributed by atoms with Gasteiger partial charge in [0.25, 0.3) is 5.69 Å². The van der Waals surface area contributed by atoms with E-state index >= 15 is 0 Å².